The van der Waals surface area contributed by atoms with Crippen LogP contribution in [0.5, 0.6) is 0 Å². The molecule has 0 N–H and O–H groups in total. The molecule has 0 spiro atoms. The number of hydrogen-bond donors (Lipinski definition) is 0. The van der Waals surface area contributed by atoms with Crippen molar-refractivity contribution in [3.8, 4) is 0 Å². The minimum Gasteiger partial charge on any atom is -0.341 e. The predicted octanol–water partition coefficient (Wildman–Crippen LogP) is 3.84. The Hall–Kier alpha value is -3.22. The molecule has 2 amide bonds. The summed E-state index contributed by atoms with van der Waals surface area (Å²) in [5.41, 5.74) is 2.09. The first-order valence-electron chi connectivity index (χ1n) is 11.1. The van der Waals surface area contributed by atoms with Crippen LogP contribution in [0.25, 0.3) is 11.0 Å². The number of aromatic nitrogens is 3. The summed E-state index contributed by atoms with van der Waals surface area (Å²) in [6, 6.07) is 13.0. The summed E-state index contributed by atoms with van der Waals surface area (Å²) < 4.78 is 1.94. The highest BCUT2D eigenvalue weighted by molar-refractivity contribution is 5.92. The number of fused-ring (bicyclic) bond motifs is 1. The maximum atomic E-state index is 13.3. The van der Waals surface area contributed by atoms with Gasteiger partial charge in [0.05, 0.1) is 17.6 Å². The van der Waals surface area contributed by atoms with E-state index >= 15 is 0 Å². The molecule has 0 aliphatic rings. The maximum absolute atomic E-state index is 13.3. The molecule has 0 atom stereocenters. The Morgan fingerprint density at radius 2 is 1.62 bits per heavy atom. The highest BCUT2D eigenvalue weighted by atomic mass is 16.2. The van der Waals surface area contributed by atoms with E-state index < -0.39 is 0 Å². The van der Waals surface area contributed by atoms with E-state index in [0.717, 1.165) is 24.1 Å². The lowest BCUT2D eigenvalue weighted by atomic mass is 10.1. The van der Waals surface area contributed by atoms with Gasteiger partial charge < -0.3 is 14.4 Å². The van der Waals surface area contributed by atoms with E-state index in [9.17, 15) is 9.59 Å². The minimum atomic E-state index is -0.184. The molecule has 170 valence electrons. The van der Waals surface area contributed by atoms with Gasteiger partial charge in [0.1, 0.15) is 18.1 Å². The van der Waals surface area contributed by atoms with Crippen molar-refractivity contribution in [2.75, 3.05) is 20.1 Å². The quantitative estimate of drug-likeness (QED) is 0.512. The Morgan fingerprint density at radius 1 is 0.969 bits per heavy atom. The molecule has 0 bridgehead atoms. The van der Waals surface area contributed by atoms with Gasteiger partial charge in [-0.25, -0.2) is 4.98 Å². The van der Waals surface area contributed by atoms with Crippen molar-refractivity contribution < 1.29 is 9.59 Å². The normalized spacial score (nSPS) is 11.3. The second-order valence-electron chi connectivity index (χ2n) is 9.07. The molecule has 0 saturated carbocycles. The second kappa shape index (κ2) is 10.4. The fourth-order valence-electron chi connectivity index (χ4n) is 3.79. The number of para-hydroxylation sites is 2. The summed E-state index contributed by atoms with van der Waals surface area (Å²) >= 11 is 0. The molecular formula is C25H33N5O2. The fourth-order valence-corrected chi connectivity index (χ4v) is 3.79. The van der Waals surface area contributed by atoms with E-state index in [4.69, 9.17) is 4.98 Å². The number of hydrogen-bond acceptors (Lipinski definition) is 4. The van der Waals surface area contributed by atoms with Gasteiger partial charge in [0.15, 0.2) is 0 Å². The zero-order valence-electron chi connectivity index (χ0n) is 19.7. The third-order valence-electron chi connectivity index (χ3n) is 5.16. The smallest absolute Gasteiger partial charge is 0.272 e. The number of amides is 2. The Kier molecular flexibility index (Phi) is 7.62. The molecular weight excluding hydrogens is 402 g/mol. The maximum Gasteiger partial charge on any atom is 0.272 e. The molecule has 2 heterocycles. The first kappa shape index (κ1) is 23.4. The van der Waals surface area contributed by atoms with Crippen molar-refractivity contribution in [1.82, 2.24) is 24.3 Å². The topological polar surface area (TPSA) is 71.3 Å². The molecule has 0 radical (unpaired) electrons. The molecule has 0 aliphatic carbocycles. The number of carbonyl (C=O) groups is 2. The van der Waals surface area contributed by atoms with Crippen LogP contribution in [-0.2, 0) is 17.9 Å². The lowest BCUT2D eigenvalue weighted by Gasteiger charge is -2.27. The molecule has 1 aromatic carbocycles. The van der Waals surface area contributed by atoms with Crippen molar-refractivity contribution in [3.63, 3.8) is 0 Å². The number of rotatable bonds is 9. The molecule has 32 heavy (non-hydrogen) atoms. The van der Waals surface area contributed by atoms with Crippen LogP contribution < -0.4 is 0 Å². The Balaban J connectivity index is 1.88. The van der Waals surface area contributed by atoms with Crippen LogP contribution in [0.2, 0.25) is 0 Å². The van der Waals surface area contributed by atoms with Gasteiger partial charge in [-0.2, -0.15) is 0 Å². The number of imidazole rings is 1. The van der Waals surface area contributed by atoms with Crippen molar-refractivity contribution >= 4 is 22.8 Å². The second-order valence-corrected chi connectivity index (χ2v) is 9.07. The van der Waals surface area contributed by atoms with Crippen molar-refractivity contribution in [2.45, 2.75) is 40.8 Å². The van der Waals surface area contributed by atoms with Crippen molar-refractivity contribution in [3.05, 3.63) is 60.2 Å². The first-order valence-corrected chi connectivity index (χ1v) is 11.1. The number of benzene rings is 1. The summed E-state index contributed by atoms with van der Waals surface area (Å²) in [7, 11) is 1.73. The van der Waals surface area contributed by atoms with E-state index in [1.54, 1.807) is 36.3 Å². The SMILES string of the molecule is CC(C)CN(CC(C)C)C(=O)Cn1c(CN(C)C(=O)c2ccccn2)nc2ccccc21. The summed E-state index contributed by atoms with van der Waals surface area (Å²) in [6.07, 6.45) is 1.60. The van der Waals surface area contributed by atoms with Crippen LogP contribution >= 0.6 is 0 Å². The molecule has 0 saturated heterocycles. The third-order valence-corrected chi connectivity index (χ3v) is 5.16. The Morgan fingerprint density at radius 3 is 2.25 bits per heavy atom. The zero-order chi connectivity index (χ0) is 23.3. The van der Waals surface area contributed by atoms with Crippen LogP contribution in [0.4, 0.5) is 0 Å². The highest BCUT2D eigenvalue weighted by Crippen LogP contribution is 2.19. The zero-order valence-corrected chi connectivity index (χ0v) is 19.7. The average molecular weight is 436 g/mol. The molecule has 3 aromatic rings. The molecule has 2 aromatic heterocycles. The summed E-state index contributed by atoms with van der Waals surface area (Å²) in [5.74, 6) is 1.34. The van der Waals surface area contributed by atoms with Crippen LogP contribution in [-0.4, -0.2) is 56.3 Å². The summed E-state index contributed by atoms with van der Waals surface area (Å²) in [6.45, 7) is 10.4. The van der Waals surface area contributed by atoms with Gasteiger partial charge in [-0.3, -0.25) is 14.6 Å². The van der Waals surface area contributed by atoms with Crippen molar-refractivity contribution in [1.29, 1.82) is 0 Å². The highest BCUT2D eigenvalue weighted by Gasteiger charge is 2.22. The number of nitrogens with zero attached hydrogens (tertiary/aromatic N) is 5. The minimum absolute atomic E-state index is 0.0653. The number of carbonyl (C=O) groups excluding carboxylic acids is 2. The van der Waals surface area contributed by atoms with Crippen LogP contribution in [0.15, 0.2) is 48.7 Å². The molecule has 0 unspecified atom stereocenters. The van der Waals surface area contributed by atoms with Gasteiger partial charge in [0, 0.05) is 26.3 Å². The van der Waals surface area contributed by atoms with Crippen LogP contribution in [0.1, 0.15) is 44.0 Å². The van der Waals surface area contributed by atoms with Gasteiger partial charge in [0.25, 0.3) is 5.91 Å². The molecule has 0 aliphatic heterocycles. The van der Waals surface area contributed by atoms with E-state index in [1.165, 1.54) is 0 Å². The Labute approximate surface area is 190 Å². The summed E-state index contributed by atoms with van der Waals surface area (Å²) in [5, 5.41) is 0. The monoisotopic (exact) mass is 435 g/mol. The molecule has 0 fully saturated rings. The van der Waals surface area contributed by atoms with E-state index in [1.807, 2.05) is 33.7 Å². The standard InChI is InChI=1S/C25H33N5O2/c1-18(2)14-29(15-19(3)4)24(31)17-30-22-12-7-6-10-20(22)27-23(30)16-28(5)25(32)21-11-8-9-13-26-21/h6-13,18-19H,14-17H2,1-5H3. The lowest BCUT2D eigenvalue weighted by molar-refractivity contribution is -0.132. The van der Waals surface area contributed by atoms with Gasteiger partial charge in [-0.05, 0) is 36.1 Å². The van der Waals surface area contributed by atoms with E-state index in [0.29, 0.717) is 23.4 Å². The van der Waals surface area contributed by atoms with Crippen molar-refractivity contribution in [2.24, 2.45) is 11.8 Å². The van der Waals surface area contributed by atoms with Gasteiger partial charge in [0.2, 0.25) is 5.91 Å². The van der Waals surface area contributed by atoms with E-state index in [2.05, 4.69) is 32.7 Å². The third kappa shape index (κ3) is 5.72. The molecule has 7 nitrogen and oxygen atoms in total. The summed E-state index contributed by atoms with van der Waals surface area (Å²) in [4.78, 5) is 38.5. The largest absolute Gasteiger partial charge is 0.341 e. The first-order chi connectivity index (χ1) is 15.3. The lowest BCUT2D eigenvalue weighted by Crippen LogP contribution is -2.39. The van der Waals surface area contributed by atoms with Gasteiger partial charge >= 0.3 is 0 Å². The van der Waals surface area contributed by atoms with Crippen LogP contribution in [0, 0.1) is 11.8 Å². The average Bonchev–Trinajstić information content (AvgIpc) is 3.09. The predicted molar refractivity (Wildman–Crippen MR) is 126 cm³/mol. The molecule has 3 rings (SSSR count). The van der Waals surface area contributed by atoms with Crippen LogP contribution in [0.3, 0.4) is 0 Å². The van der Waals surface area contributed by atoms with Gasteiger partial charge in [-0.15, -0.1) is 0 Å². The fraction of sp³-hybridized carbons (Fsp3) is 0.440. The number of pyridine rings is 1. The molecule has 7 heteroatoms. The Bertz CT molecular complexity index is 1050. The van der Waals surface area contributed by atoms with Gasteiger partial charge in [-0.1, -0.05) is 45.9 Å². The van der Waals surface area contributed by atoms with E-state index in [-0.39, 0.29) is 24.9 Å².